The van der Waals surface area contributed by atoms with Gasteiger partial charge in [-0.05, 0) is 62.7 Å². The SMILES string of the molecule is Cc1ccc(N=Nc2sc(N3N=C(c4ccc(Cl)cc4)CC3c3cnn(-c4ccccc4)c3C)nc2C)cc1. The smallest absolute Gasteiger partial charge is 0.208 e. The van der Waals surface area contributed by atoms with Crippen LogP contribution in [0.2, 0.25) is 5.02 Å². The number of thiazole rings is 1. The predicted octanol–water partition coefficient (Wildman–Crippen LogP) is 8.68. The Morgan fingerprint density at radius 2 is 1.64 bits per heavy atom. The van der Waals surface area contributed by atoms with Crippen LogP contribution < -0.4 is 5.01 Å². The van der Waals surface area contributed by atoms with Gasteiger partial charge >= 0.3 is 0 Å². The number of azo groups is 1. The van der Waals surface area contributed by atoms with Crippen LogP contribution in [0.1, 0.15) is 40.5 Å². The third-order valence-corrected chi connectivity index (χ3v) is 8.03. The third-order valence-electron chi connectivity index (χ3n) is 6.74. The van der Waals surface area contributed by atoms with Crippen molar-refractivity contribution in [3.8, 4) is 5.69 Å². The second-order valence-corrected chi connectivity index (χ2v) is 10.9. The van der Waals surface area contributed by atoms with E-state index in [2.05, 4.69) is 36.2 Å². The monoisotopic (exact) mass is 551 g/mol. The first-order valence-electron chi connectivity index (χ1n) is 12.6. The molecule has 0 spiro atoms. The summed E-state index contributed by atoms with van der Waals surface area (Å²) in [5.74, 6) is 0. The second-order valence-electron chi connectivity index (χ2n) is 9.47. The Balaban J connectivity index is 1.37. The molecule has 39 heavy (non-hydrogen) atoms. The lowest BCUT2D eigenvalue weighted by Crippen LogP contribution is -2.19. The van der Waals surface area contributed by atoms with Gasteiger partial charge < -0.3 is 0 Å². The number of anilines is 1. The van der Waals surface area contributed by atoms with Gasteiger partial charge in [0.05, 0.1) is 35.0 Å². The maximum absolute atomic E-state index is 6.16. The largest absolute Gasteiger partial charge is 0.238 e. The minimum absolute atomic E-state index is 0.0689. The molecule has 6 rings (SSSR count). The van der Waals surface area contributed by atoms with Crippen molar-refractivity contribution in [3.05, 3.63) is 118 Å². The Morgan fingerprint density at radius 3 is 2.38 bits per heavy atom. The lowest BCUT2D eigenvalue weighted by molar-refractivity contribution is 0.698. The van der Waals surface area contributed by atoms with E-state index in [0.717, 1.165) is 49.7 Å². The maximum atomic E-state index is 6.16. The molecule has 194 valence electrons. The van der Waals surface area contributed by atoms with E-state index in [1.165, 1.54) is 16.9 Å². The molecule has 1 atom stereocenters. The number of hydrogen-bond donors (Lipinski definition) is 0. The van der Waals surface area contributed by atoms with Crippen LogP contribution in [0.15, 0.2) is 100 Å². The van der Waals surface area contributed by atoms with Crippen LogP contribution in [0.4, 0.5) is 15.8 Å². The fourth-order valence-electron chi connectivity index (χ4n) is 4.60. The van der Waals surface area contributed by atoms with Gasteiger partial charge in [-0.15, -0.1) is 10.2 Å². The van der Waals surface area contributed by atoms with Gasteiger partial charge in [-0.25, -0.2) is 14.7 Å². The van der Waals surface area contributed by atoms with Crippen LogP contribution in [0, 0.1) is 20.8 Å². The first-order valence-corrected chi connectivity index (χ1v) is 13.8. The fraction of sp³-hybridized carbons (Fsp3) is 0.167. The van der Waals surface area contributed by atoms with Crippen LogP contribution in [0.5, 0.6) is 0 Å². The van der Waals surface area contributed by atoms with Gasteiger partial charge in [0.25, 0.3) is 0 Å². The number of hydrazone groups is 1. The molecule has 0 N–H and O–H groups in total. The van der Waals surface area contributed by atoms with Crippen molar-refractivity contribution in [1.82, 2.24) is 14.8 Å². The number of nitrogens with zero attached hydrogens (tertiary/aromatic N) is 7. The van der Waals surface area contributed by atoms with Gasteiger partial charge in [0.2, 0.25) is 5.13 Å². The highest BCUT2D eigenvalue weighted by Gasteiger charge is 2.34. The van der Waals surface area contributed by atoms with Crippen molar-refractivity contribution < 1.29 is 0 Å². The summed E-state index contributed by atoms with van der Waals surface area (Å²) in [6, 6.07) is 25.9. The first-order chi connectivity index (χ1) is 19.0. The van der Waals surface area contributed by atoms with Gasteiger partial charge in [0, 0.05) is 22.7 Å². The summed E-state index contributed by atoms with van der Waals surface area (Å²) in [7, 11) is 0. The van der Waals surface area contributed by atoms with E-state index in [1.807, 2.05) is 89.5 Å². The standard InChI is InChI=1S/C30H26ClN7S/c1-19-9-15-24(16-10-19)34-35-29-20(2)33-30(39-29)38-28(17-27(36-38)22-11-13-23(31)14-12-22)26-18-32-37(21(26)3)25-7-5-4-6-8-25/h4-16,18,28H,17H2,1-3H3. The Labute approximate surface area is 236 Å². The van der Waals surface area contributed by atoms with Crippen LogP contribution in [0.25, 0.3) is 5.69 Å². The van der Waals surface area contributed by atoms with Crippen LogP contribution in [-0.4, -0.2) is 20.5 Å². The van der Waals surface area contributed by atoms with Crippen molar-refractivity contribution in [2.45, 2.75) is 33.2 Å². The number of aromatic nitrogens is 3. The number of benzene rings is 3. The summed E-state index contributed by atoms with van der Waals surface area (Å²) in [5.41, 5.74) is 8.00. The molecule has 0 saturated heterocycles. The number of rotatable bonds is 6. The van der Waals surface area contributed by atoms with Crippen LogP contribution >= 0.6 is 22.9 Å². The Hall–Kier alpha value is -4.14. The Bertz CT molecular complexity index is 1670. The minimum Gasteiger partial charge on any atom is -0.238 e. The highest BCUT2D eigenvalue weighted by molar-refractivity contribution is 7.19. The highest BCUT2D eigenvalue weighted by Crippen LogP contribution is 2.43. The molecule has 0 radical (unpaired) electrons. The molecule has 1 unspecified atom stereocenters. The molecule has 5 aromatic rings. The molecular formula is C30H26ClN7S. The van der Waals surface area contributed by atoms with Crippen LogP contribution in [0.3, 0.4) is 0 Å². The molecule has 3 heterocycles. The molecular weight excluding hydrogens is 526 g/mol. The van der Waals surface area contributed by atoms with Gasteiger partial charge in [-0.1, -0.05) is 71.0 Å². The zero-order chi connectivity index (χ0) is 26.9. The predicted molar refractivity (Wildman–Crippen MR) is 158 cm³/mol. The Kier molecular flexibility index (Phi) is 6.81. The zero-order valence-corrected chi connectivity index (χ0v) is 23.4. The van der Waals surface area contributed by atoms with Crippen molar-refractivity contribution in [2.75, 3.05) is 5.01 Å². The van der Waals surface area contributed by atoms with Crippen LogP contribution in [-0.2, 0) is 0 Å². The van der Waals surface area contributed by atoms with Gasteiger partial charge in [0.15, 0.2) is 5.00 Å². The molecule has 7 nitrogen and oxygen atoms in total. The molecule has 1 aliphatic heterocycles. The fourth-order valence-corrected chi connectivity index (χ4v) is 5.62. The number of para-hydroxylation sites is 1. The number of hydrogen-bond acceptors (Lipinski definition) is 7. The van der Waals surface area contributed by atoms with E-state index in [-0.39, 0.29) is 6.04 Å². The lowest BCUT2D eigenvalue weighted by atomic mass is 9.99. The molecule has 0 amide bonds. The average molecular weight is 552 g/mol. The van der Waals surface area contributed by atoms with Crippen molar-refractivity contribution >= 4 is 44.5 Å². The van der Waals surface area contributed by atoms with Crippen molar-refractivity contribution in [2.24, 2.45) is 15.3 Å². The van der Waals surface area contributed by atoms with E-state index < -0.39 is 0 Å². The van der Waals surface area contributed by atoms with E-state index in [1.54, 1.807) is 0 Å². The van der Waals surface area contributed by atoms with Gasteiger partial charge in [0.1, 0.15) is 0 Å². The van der Waals surface area contributed by atoms with E-state index in [4.69, 9.17) is 26.8 Å². The second kappa shape index (κ2) is 10.6. The first kappa shape index (κ1) is 25.2. The quantitative estimate of drug-likeness (QED) is 0.198. The Morgan fingerprint density at radius 1 is 0.897 bits per heavy atom. The summed E-state index contributed by atoms with van der Waals surface area (Å²) < 4.78 is 1.97. The molecule has 2 aromatic heterocycles. The molecule has 0 fully saturated rings. The molecule has 0 bridgehead atoms. The molecule has 0 saturated carbocycles. The number of aryl methyl sites for hydroxylation is 2. The highest BCUT2D eigenvalue weighted by atomic mass is 35.5. The van der Waals surface area contributed by atoms with Crippen molar-refractivity contribution in [1.29, 1.82) is 0 Å². The maximum Gasteiger partial charge on any atom is 0.208 e. The van der Waals surface area contributed by atoms with E-state index in [9.17, 15) is 0 Å². The molecule has 9 heteroatoms. The van der Waals surface area contributed by atoms with Gasteiger partial charge in [-0.3, -0.25) is 0 Å². The molecule has 1 aliphatic rings. The third kappa shape index (κ3) is 5.13. The van der Waals surface area contributed by atoms with Crippen molar-refractivity contribution in [3.63, 3.8) is 0 Å². The summed E-state index contributed by atoms with van der Waals surface area (Å²) in [4.78, 5) is 4.87. The summed E-state index contributed by atoms with van der Waals surface area (Å²) in [6.07, 6.45) is 2.65. The molecule has 3 aromatic carbocycles. The summed E-state index contributed by atoms with van der Waals surface area (Å²) >= 11 is 7.65. The zero-order valence-electron chi connectivity index (χ0n) is 21.8. The molecule has 0 aliphatic carbocycles. The lowest BCUT2D eigenvalue weighted by Gasteiger charge is -2.20. The van der Waals surface area contributed by atoms with Gasteiger partial charge in [-0.2, -0.15) is 10.2 Å². The van der Waals surface area contributed by atoms with E-state index in [0.29, 0.717) is 11.4 Å². The topological polar surface area (TPSA) is 71.0 Å². The normalized spacial score (nSPS) is 15.3. The van der Waals surface area contributed by atoms with E-state index >= 15 is 0 Å². The average Bonchev–Trinajstić information content (AvgIpc) is 3.65. The minimum atomic E-state index is -0.0689. The number of halogens is 1. The summed E-state index contributed by atoms with van der Waals surface area (Å²) in [6.45, 7) is 6.11. The summed E-state index contributed by atoms with van der Waals surface area (Å²) in [5, 5.41) is 23.0.